The molecule has 0 spiro atoms. The van der Waals surface area contributed by atoms with Crippen LogP contribution in [0.1, 0.15) is 0 Å². The molecule has 0 aliphatic rings. The molecule has 0 amide bonds. The van der Waals surface area contributed by atoms with E-state index in [-0.39, 0.29) is 10.6 Å². The first-order chi connectivity index (χ1) is 8.38. The maximum Gasteiger partial charge on any atom is 0.238 e. The van der Waals surface area contributed by atoms with Crippen LogP contribution in [0.3, 0.4) is 0 Å². The van der Waals surface area contributed by atoms with E-state index in [1.54, 1.807) is 0 Å². The average Bonchev–Trinajstić information content (AvgIpc) is 2.30. The zero-order chi connectivity index (χ0) is 13.8. The summed E-state index contributed by atoms with van der Waals surface area (Å²) in [5, 5.41) is 34.6. The van der Waals surface area contributed by atoms with Crippen molar-refractivity contribution in [3.63, 3.8) is 0 Å². The van der Waals surface area contributed by atoms with E-state index in [9.17, 15) is 13.5 Å². The highest BCUT2D eigenvalue weighted by Crippen LogP contribution is 2.25. The fourth-order valence-electron chi connectivity index (χ4n) is 0.974. The molecule has 92 valence electrons. The molecule has 0 fully saturated rings. The van der Waals surface area contributed by atoms with Crippen LogP contribution < -0.4 is 10.6 Å². The van der Waals surface area contributed by atoms with Gasteiger partial charge in [-0.05, 0) is 12.1 Å². The number of rotatable bonds is 3. The molecule has 0 heterocycles. The number of phenolic OH excluding ortho intramolecular Hbond substituents is 1. The first-order valence-corrected chi connectivity index (χ1v) is 5.93. The van der Waals surface area contributed by atoms with Crippen molar-refractivity contribution in [3.8, 4) is 17.9 Å². The van der Waals surface area contributed by atoms with Crippen LogP contribution in [0.2, 0.25) is 0 Å². The lowest BCUT2D eigenvalue weighted by molar-refractivity contribution is 0.475. The highest BCUT2D eigenvalue weighted by molar-refractivity contribution is 7.89. The molecular formula is C9H7N5O3S. The SMILES string of the molecule is N#CC(C#N)=NNc1ccc(S(N)(=O)=O)cc1O. The van der Waals surface area contributed by atoms with E-state index < -0.39 is 21.5 Å². The minimum atomic E-state index is -3.91. The van der Waals surface area contributed by atoms with Crippen LogP contribution in [0, 0.1) is 22.7 Å². The van der Waals surface area contributed by atoms with Gasteiger partial charge in [-0.3, -0.25) is 5.43 Å². The van der Waals surface area contributed by atoms with Gasteiger partial charge in [0.25, 0.3) is 0 Å². The Kier molecular flexibility index (Phi) is 3.84. The van der Waals surface area contributed by atoms with Crippen LogP contribution in [0.25, 0.3) is 0 Å². The summed E-state index contributed by atoms with van der Waals surface area (Å²) in [7, 11) is -3.91. The Morgan fingerprint density at radius 2 is 2.00 bits per heavy atom. The molecule has 4 N–H and O–H groups in total. The molecule has 8 nitrogen and oxygen atoms in total. The second-order valence-corrected chi connectivity index (χ2v) is 4.58. The van der Waals surface area contributed by atoms with E-state index in [2.05, 4.69) is 10.5 Å². The van der Waals surface area contributed by atoms with Crippen molar-refractivity contribution in [2.45, 2.75) is 4.90 Å². The fraction of sp³-hybridized carbons (Fsp3) is 0. The maximum atomic E-state index is 11.0. The van der Waals surface area contributed by atoms with Gasteiger partial charge in [0, 0.05) is 6.07 Å². The van der Waals surface area contributed by atoms with Gasteiger partial charge in [-0.15, -0.1) is 0 Å². The van der Waals surface area contributed by atoms with E-state index in [0.29, 0.717) is 0 Å². The van der Waals surface area contributed by atoms with Crippen LogP contribution in [0.15, 0.2) is 28.2 Å². The van der Waals surface area contributed by atoms with Gasteiger partial charge >= 0.3 is 0 Å². The Bertz CT molecular complexity index is 665. The van der Waals surface area contributed by atoms with Crippen molar-refractivity contribution in [3.05, 3.63) is 18.2 Å². The highest BCUT2D eigenvalue weighted by atomic mass is 32.2. The molecule has 1 rings (SSSR count). The largest absolute Gasteiger partial charge is 0.506 e. The van der Waals surface area contributed by atoms with Gasteiger partial charge in [0.05, 0.1) is 10.6 Å². The van der Waals surface area contributed by atoms with Gasteiger partial charge in [0.2, 0.25) is 15.7 Å². The van der Waals surface area contributed by atoms with Crippen LogP contribution in [-0.4, -0.2) is 19.2 Å². The third kappa shape index (κ3) is 3.18. The van der Waals surface area contributed by atoms with E-state index in [4.69, 9.17) is 15.7 Å². The minimum absolute atomic E-state index is 0.0328. The standard InChI is InChI=1S/C9H7N5O3S/c10-4-6(5-11)13-14-8-2-1-7(3-9(8)15)18(12,16)17/h1-3,14-15H,(H2,12,16,17). The molecule has 0 unspecified atom stereocenters. The maximum absolute atomic E-state index is 11.0. The third-order valence-electron chi connectivity index (χ3n) is 1.80. The van der Waals surface area contributed by atoms with Crippen molar-refractivity contribution < 1.29 is 13.5 Å². The number of benzene rings is 1. The number of aromatic hydroxyl groups is 1. The van der Waals surface area contributed by atoms with Gasteiger partial charge in [0.15, 0.2) is 0 Å². The number of hydrogen-bond acceptors (Lipinski definition) is 7. The number of hydrogen-bond donors (Lipinski definition) is 3. The molecule has 1 aromatic rings. The average molecular weight is 265 g/mol. The lowest BCUT2D eigenvalue weighted by Gasteiger charge is -2.05. The number of anilines is 1. The topological polar surface area (TPSA) is 152 Å². The van der Waals surface area contributed by atoms with Gasteiger partial charge in [0.1, 0.15) is 17.9 Å². The lowest BCUT2D eigenvalue weighted by atomic mass is 10.3. The Morgan fingerprint density at radius 3 is 2.44 bits per heavy atom. The lowest BCUT2D eigenvalue weighted by Crippen LogP contribution is -2.12. The molecule has 0 aliphatic carbocycles. The normalized spacial score (nSPS) is 9.94. The zero-order valence-corrected chi connectivity index (χ0v) is 9.64. The quantitative estimate of drug-likeness (QED) is 0.392. The van der Waals surface area contributed by atoms with Crippen LogP contribution in [-0.2, 0) is 10.0 Å². The van der Waals surface area contributed by atoms with E-state index in [1.807, 2.05) is 0 Å². The molecule has 0 atom stereocenters. The van der Waals surface area contributed by atoms with Gasteiger partial charge in [-0.25, -0.2) is 13.6 Å². The van der Waals surface area contributed by atoms with E-state index in [1.165, 1.54) is 18.2 Å². The zero-order valence-electron chi connectivity index (χ0n) is 8.82. The van der Waals surface area contributed by atoms with Gasteiger partial charge in [-0.1, -0.05) is 0 Å². The minimum Gasteiger partial charge on any atom is -0.506 e. The molecule has 0 aliphatic heterocycles. The number of nitrogens with two attached hydrogens (primary N) is 1. The number of sulfonamides is 1. The first kappa shape index (κ1) is 13.4. The Hall–Kier alpha value is -2.62. The molecule has 1 aromatic carbocycles. The number of nitrogens with zero attached hydrogens (tertiary/aromatic N) is 3. The third-order valence-corrected chi connectivity index (χ3v) is 2.71. The van der Waals surface area contributed by atoms with Crippen LogP contribution in [0.4, 0.5) is 5.69 Å². The summed E-state index contributed by atoms with van der Waals surface area (Å²) in [4.78, 5) is -0.268. The number of nitriles is 2. The van der Waals surface area contributed by atoms with Gasteiger partial charge in [-0.2, -0.15) is 15.6 Å². The van der Waals surface area contributed by atoms with Crippen molar-refractivity contribution >= 4 is 21.4 Å². The molecule has 0 saturated heterocycles. The summed E-state index contributed by atoms with van der Waals surface area (Å²) in [6, 6.07) is 6.28. The van der Waals surface area contributed by atoms with Crippen molar-refractivity contribution in [1.82, 2.24) is 0 Å². The molecule has 0 aromatic heterocycles. The monoisotopic (exact) mass is 265 g/mol. The predicted octanol–water partition coefficient (Wildman–Crippen LogP) is -0.145. The highest BCUT2D eigenvalue weighted by Gasteiger charge is 2.10. The Labute approximate surface area is 103 Å². The number of primary sulfonamides is 1. The summed E-state index contributed by atoms with van der Waals surface area (Å²) >= 11 is 0. The van der Waals surface area contributed by atoms with Gasteiger partial charge < -0.3 is 5.11 Å². The summed E-state index contributed by atoms with van der Waals surface area (Å²) < 4.78 is 22.0. The van der Waals surface area contributed by atoms with Crippen molar-refractivity contribution in [2.24, 2.45) is 10.2 Å². The second kappa shape index (κ2) is 5.14. The number of hydrazone groups is 1. The fourth-order valence-corrected chi connectivity index (χ4v) is 1.51. The number of phenols is 1. The number of nitrogens with one attached hydrogen (secondary N) is 1. The molecule has 9 heteroatoms. The van der Waals surface area contributed by atoms with E-state index >= 15 is 0 Å². The summed E-state index contributed by atoms with van der Waals surface area (Å²) in [6.45, 7) is 0. The molecule has 0 saturated carbocycles. The second-order valence-electron chi connectivity index (χ2n) is 3.02. The summed E-state index contributed by atoms with van der Waals surface area (Å²) in [5.41, 5.74) is 1.84. The van der Waals surface area contributed by atoms with E-state index in [0.717, 1.165) is 12.1 Å². The van der Waals surface area contributed by atoms with Crippen molar-refractivity contribution in [2.75, 3.05) is 5.43 Å². The first-order valence-electron chi connectivity index (χ1n) is 4.38. The molecule has 0 bridgehead atoms. The Balaban J connectivity index is 3.06. The smallest absolute Gasteiger partial charge is 0.238 e. The molecule has 18 heavy (non-hydrogen) atoms. The summed E-state index contributed by atoms with van der Waals surface area (Å²) in [6.07, 6.45) is 0. The molecular weight excluding hydrogens is 258 g/mol. The van der Waals surface area contributed by atoms with Crippen LogP contribution in [0.5, 0.6) is 5.75 Å². The van der Waals surface area contributed by atoms with Crippen LogP contribution >= 0.6 is 0 Å². The Morgan fingerprint density at radius 1 is 1.39 bits per heavy atom. The molecule has 0 radical (unpaired) electrons. The predicted molar refractivity (Wildman–Crippen MR) is 61.8 cm³/mol. The van der Waals surface area contributed by atoms with Crippen molar-refractivity contribution in [1.29, 1.82) is 10.5 Å². The summed E-state index contributed by atoms with van der Waals surface area (Å²) in [5.74, 6) is -0.430.